The molecule has 0 atom stereocenters. The summed E-state index contributed by atoms with van der Waals surface area (Å²) >= 11 is 3.40. The monoisotopic (exact) mass is 269 g/mol. The molecule has 0 unspecified atom stereocenters. The Balaban J connectivity index is 2.62. The van der Waals surface area contributed by atoms with Crippen LogP contribution in [0.5, 0.6) is 0 Å². The van der Waals surface area contributed by atoms with Gasteiger partial charge in [-0.3, -0.25) is 4.99 Å². The number of nitrogens with zero attached hydrogens (tertiary/aromatic N) is 1. The molecule has 4 heteroatoms. The Morgan fingerprint density at radius 2 is 2.07 bits per heavy atom. The third-order valence-electron chi connectivity index (χ3n) is 1.98. The summed E-state index contributed by atoms with van der Waals surface area (Å²) in [7, 11) is 0. The highest BCUT2D eigenvalue weighted by molar-refractivity contribution is 9.10. The molecule has 0 aliphatic heterocycles. The van der Waals surface area contributed by atoms with Gasteiger partial charge >= 0.3 is 0 Å². The van der Waals surface area contributed by atoms with Crippen LogP contribution in [0.4, 0.5) is 0 Å². The summed E-state index contributed by atoms with van der Waals surface area (Å²) in [6, 6.07) is 8.15. The molecule has 3 N–H and O–H groups in total. The van der Waals surface area contributed by atoms with Crippen molar-refractivity contribution in [2.24, 2.45) is 10.8 Å². The molecule has 0 aromatic heterocycles. The summed E-state index contributed by atoms with van der Waals surface area (Å²) in [4.78, 5) is 4.35. The lowest BCUT2D eigenvalue weighted by Crippen LogP contribution is -2.32. The fourth-order valence-corrected chi connectivity index (χ4v) is 1.46. The van der Waals surface area contributed by atoms with Gasteiger partial charge in [0.25, 0.3) is 0 Å². The standard InChI is InChI=1S/C11H16BrN3/c1-2-7-14-11(15-13)8-9-3-5-10(12)6-4-9/h3-6H,2,7-8,13H2,1H3,(H,14,15). The number of hydrazine groups is 1. The van der Waals surface area contributed by atoms with Crippen LogP contribution in [0.2, 0.25) is 0 Å². The second-order valence-electron chi connectivity index (χ2n) is 3.28. The molecule has 1 rings (SSSR count). The van der Waals surface area contributed by atoms with E-state index in [9.17, 15) is 0 Å². The molecule has 0 saturated carbocycles. The van der Waals surface area contributed by atoms with Crippen molar-refractivity contribution in [1.29, 1.82) is 0 Å². The van der Waals surface area contributed by atoms with Gasteiger partial charge in [0.15, 0.2) is 0 Å². The van der Waals surface area contributed by atoms with Gasteiger partial charge in [0.1, 0.15) is 5.84 Å². The minimum atomic E-state index is 0.754. The summed E-state index contributed by atoms with van der Waals surface area (Å²) in [5.74, 6) is 6.23. The molecule has 3 nitrogen and oxygen atoms in total. The Labute approximate surface area is 98.9 Å². The zero-order valence-corrected chi connectivity index (χ0v) is 10.4. The zero-order chi connectivity index (χ0) is 11.1. The Morgan fingerprint density at radius 3 is 2.60 bits per heavy atom. The van der Waals surface area contributed by atoms with Crippen LogP contribution in [0.25, 0.3) is 0 Å². The Bertz CT molecular complexity index is 319. The summed E-state index contributed by atoms with van der Waals surface area (Å²) in [5.41, 5.74) is 3.84. The lowest BCUT2D eigenvalue weighted by Gasteiger charge is -2.05. The van der Waals surface area contributed by atoms with E-state index in [0.717, 1.165) is 29.7 Å². The molecule has 0 heterocycles. The number of benzene rings is 1. The first kappa shape index (κ1) is 12.2. The van der Waals surface area contributed by atoms with E-state index in [2.05, 4.69) is 45.4 Å². The van der Waals surface area contributed by atoms with E-state index in [1.807, 2.05) is 12.1 Å². The molecule has 0 aliphatic rings. The quantitative estimate of drug-likeness (QED) is 0.381. The second-order valence-corrected chi connectivity index (χ2v) is 4.19. The minimum absolute atomic E-state index is 0.754. The molecule has 1 aromatic rings. The number of aliphatic imine (C=N–C) groups is 1. The SMILES string of the molecule is CCCN=C(Cc1ccc(Br)cc1)NN. The average molecular weight is 270 g/mol. The van der Waals surface area contributed by atoms with Crippen LogP contribution in [0, 0.1) is 0 Å². The molecular weight excluding hydrogens is 254 g/mol. The largest absolute Gasteiger partial charge is 0.312 e. The Hall–Kier alpha value is -0.870. The zero-order valence-electron chi connectivity index (χ0n) is 8.83. The summed E-state index contributed by atoms with van der Waals surface area (Å²) < 4.78 is 1.08. The van der Waals surface area contributed by atoms with E-state index >= 15 is 0 Å². The maximum absolute atomic E-state index is 5.40. The first-order valence-electron chi connectivity index (χ1n) is 5.00. The summed E-state index contributed by atoms with van der Waals surface area (Å²) in [5, 5.41) is 0. The molecule has 0 saturated heterocycles. The van der Waals surface area contributed by atoms with Crippen LogP contribution in [0.15, 0.2) is 33.7 Å². The minimum Gasteiger partial charge on any atom is -0.312 e. The number of hydrogen-bond donors (Lipinski definition) is 2. The maximum atomic E-state index is 5.40. The molecule has 0 amide bonds. The molecular formula is C11H16BrN3. The Morgan fingerprint density at radius 1 is 1.40 bits per heavy atom. The van der Waals surface area contributed by atoms with Gasteiger partial charge in [-0.1, -0.05) is 35.0 Å². The summed E-state index contributed by atoms with van der Waals surface area (Å²) in [6.07, 6.45) is 1.79. The van der Waals surface area contributed by atoms with Crippen molar-refractivity contribution in [3.8, 4) is 0 Å². The topological polar surface area (TPSA) is 50.4 Å². The van der Waals surface area contributed by atoms with E-state index in [0.29, 0.717) is 0 Å². The van der Waals surface area contributed by atoms with Crippen molar-refractivity contribution >= 4 is 21.8 Å². The number of halogens is 1. The van der Waals surface area contributed by atoms with Crippen molar-refractivity contribution in [2.75, 3.05) is 6.54 Å². The fourth-order valence-electron chi connectivity index (χ4n) is 1.19. The molecule has 82 valence electrons. The van der Waals surface area contributed by atoms with Gasteiger partial charge in [-0.15, -0.1) is 0 Å². The second kappa shape index (κ2) is 6.58. The average Bonchev–Trinajstić information content (AvgIpc) is 2.27. The lowest BCUT2D eigenvalue weighted by atomic mass is 10.1. The van der Waals surface area contributed by atoms with Gasteiger partial charge in [-0.2, -0.15) is 0 Å². The van der Waals surface area contributed by atoms with Gasteiger partial charge < -0.3 is 5.43 Å². The van der Waals surface area contributed by atoms with Crippen molar-refractivity contribution in [2.45, 2.75) is 19.8 Å². The first-order chi connectivity index (χ1) is 7.26. The molecule has 0 radical (unpaired) electrons. The van der Waals surface area contributed by atoms with E-state index in [1.54, 1.807) is 0 Å². The highest BCUT2D eigenvalue weighted by atomic mass is 79.9. The normalized spacial score (nSPS) is 11.5. The number of hydrogen-bond acceptors (Lipinski definition) is 2. The van der Waals surface area contributed by atoms with Gasteiger partial charge in [0.05, 0.1) is 0 Å². The maximum Gasteiger partial charge on any atom is 0.115 e. The van der Waals surface area contributed by atoms with Gasteiger partial charge in [0, 0.05) is 17.4 Å². The summed E-state index contributed by atoms with van der Waals surface area (Å²) in [6.45, 7) is 2.91. The van der Waals surface area contributed by atoms with Gasteiger partial charge in [-0.05, 0) is 24.1 Å². The smallest absolute Gasteiger partial charge is 0.115 e. The Kier molecular flexibility index (Phi) is 5.36. The lowest BCUT2D eigenvalue weighted by molar-refractivity contribution is 0.893. The first-order valence-corrected chi connectivity index (χ1v) is 5.80. The van der Waals surface area contributed by atoms with Crippen LogP contribution < -0.4 is 11.3 Å². The fraction of sp³-hybridized carbons (Fsp3) is 0.364. The predicted octanol–water partition coefficient (Wildman–Crippen LogP) is 2.26. The van der Waals surface area contributed by atoms with Gasteiger partial charge in [0.2, 0.25) is 0 Å². The van der Waals surface area contributed by atoms with E-state index < -0.39 is 0 Å². The number of amidine groups is 1. The highest BCUT2D eigenvalue weighted by Crippen LogP contribution is 2.10. The number of nitrogens with one attached hydrogen (secondary N) is 1. The third-order valence-corrected chi connectivity index (χ3v) is 2.51. The van der Waals surface area contributed by atoms with Crippen molar-refractivity contribution in [3.63, 3.8) is 0 Å². The van der Waals surface area contributed by atoms with Crippen LogP contribution >= 0.6 is 15.9 Å². The molecule has 0 fully saturated rings. The van der Waals surface area contributed by atoms with E-state index in [4.69, 9.17) is 5.84 Å². The molecule has 1 aromatic carbocycles. The van der Waals surface area contributed by atoms with E-state index in [1.165, 1.54) is 5.56 Å². The van der Waals surface area contributed by atoms with Crippen LogP contribution in [0.3, 0.4) is 0 Å². The highest BCUT2D eigenvalue weighted by Gasteiger charge is 1.98. The van der Waals surface area contributed by atoms with Crippen molar-refractivity contribution in [1.82, 2.24) is 5.43 Å². The van der Waals surface area contributed by atoms with Crippen molar-refractivity contribution in [3.05, 3.63) is 34.3 Å². The van der Waals surface area contributed by atoms with Crippen LogP contribution in [-0.4, -0.2) is 12.4 Å². The van der Waals surface area contributed by atoms with Crippen LogP contribution in [0.1, 0.15) is 18.9 Å². The number of rotatable bonds is 4. The molecule has 15 heavy (non-hydrogen) atoms. The molecule has 0 bridgehead atoms. The van der Waals surface area contributed by atoms with Crippen molar-refractivity contribution < 1.29 is 0 Å². The van der Waals surface area contributed by atoms with Gasteiger partial charge in [-0.25, -0.2) is 5.84 Å². The molecule has 0 spiro atoms. The number of nitrogens with two attached hydrogens (primary N) is 1. The predicted molar refractivity (Wildman–Crippen MR) is 67.8 cm³/mol. The van der Waals surface area contributed by atoms with E-state index in [-0.39, 0.29) is 0 Å². The molecule has 0 aliphatic carbocycles. The third kappa shape index (κ3) is 4.44. The van der Waals surface area contributed by atoms with Crippen LogP contribution in [-0.2, 0) is 6.42 Å².